The van der Waals surface area contributed by atoms with E-state index in [-0.39, 0.29) is 11.9 Å². The Morgan fingerprint density at radius 3 is 2.58 bits per heavy atom. The first-order valence-corrected chi connectivity index (χ1v) is 6.97. The Balaban J connectivity index is 2.89. The van der Waals surface area contributed by atoms with E-state index in [2.05, 4.69) is 25.7 Å². The molecule has 0 spiro atoms. The summed E-state index contributed by atoms with van der Waals surface area (Å²) in [5.74, 6) is 6.16. The lowest BCUT2D eigenvalue weighted by atomic mass is 10.1. The van der Waals surface area contributed by atoms with Gasteiger partial charge in [0.1, 0.15) is 0 Å². The van der Waals surface area contributed by atoms with Crippen LogP contribution in [0.4, 0.5) is 5.69 Å². The third-order valence-electron chi connectivity index (χ3n) is 3.06. The fourth-order valence-corrected chi connectivity index (χ4v) is 2.02. The highest BCUT2D eigenvalue weighted by Gasteiger charge is 2.20. The van der Waals surface area contributed by atoms with Gasteiger partial charge in [0.2, 0.25) is 5.91 Å². The number of rotatable bonds is 6. The molecular formula is C17H23NO. The molecule has 0 bridgehead atoms. The summed E-state index contributed by atoms with van der Waals surface area (Å²) in [4.78, 5) is 14.3. The Morgan fingerprint density at radius 2 is 2.00 bits per heavy atom. The van der Waals surface area contributed by atoms with Crippen LogP contribution < -0.4 is 4.90 Å². The van der Waals surface area contributed by atoms with Crippen LogP contribution in [-0.2, 0) is 4.79 Å². The van der Waals surface area contributed by atoms with Gasteiger partial charge in [-0.2, -0.15) is 0 Å². The Labute approximate surface area is 116 Å². The maximum absolute atomic E-state index is 12.4. The second-order valence-electron chi connectivity index (χ2n) is 4.68. The Morgan fingerprint density at radius 1 is 1.32 bits per heavy atom. The zero-order valence-electron chi connectivity index (χ0n) is 12.1. The third-order valence-corrected chi connectivity index (χ3v) is 3.06. The van der Waals surface area contributed by atoms with Crippen LogP contribution in [0.15, 0.2) is 30.3 Å². The van der Waals surface area contributed by atoms with Crippen LogP contribution in [0.5, 0.6) is 0 Å². The van der Waals surface area contributed by atoms with Gasteiger partial charge in [0, 0.05) is 24.6 Å². The van der Waals surface area contributed by atoms with E-state index in [4.69, 9.17) is 0 Å². The summed E-state index contributed by atoms with van der Waals surface area (Å²) in [6.07, 6.45) is 3.30. The first-order chi connectivity index (χ1) is 9.20. The number of unbranched alkanes of at least 4 members (excludes halogenated alkanes) is 1. The van der Waals surface area contributed by atoms with E-state index in [1.807, 2.05) is 42.2 Å². The lowest BCUT2D eigenvalue weighted by molar-refractivity contribution is -0.119. The summed E-state index contributed by atoms with van der Waals surface area (Å²) in [6, 6.07) is 9.98. The van der Waals surface area contributed by atoms with Crippen molar-refractivity contribution < 1.29 is 4.79 Å². The molecule has 0 heterocycles. The molecule has 1 unspecified atom stereocenters. The normalized spacial score (nSPS) is 11.3. The zero-order valence-corrected chi connectivity index (χ0v) is 12.1. The fourth-order valence-electron chi connectivity index (χ4n) is 2.02. The van der Waals surface area contributed by atoms with Crippen LogP contribution in [0.2, 0.25) is 0 Å². The summed E-state index contributed by atoms with van der Waals surface area (Å²) in [7, 11) is 0. The zero-order chi connectivity index (χ0) is 14.1. The van der Waals surface area contributed by atoms with Gasteiger partial charge >= 0.3 is 0 Å². The van der Waals surface area contributed by atoms with Crippen molar-refractivity contribution in [3.8, 4) is 11.8 Å². The largest absolute Gasteiger partial charge is 0.309 e. The predicted molar refractivity (Wildman–Crippen MR) is 81.0 cm³/mol. The number of hydrogen-bond acceptors (Lipinski definition) is 1. The molecule has 1 rings (SSSR count). The van der Waals surface area contributed by atoms with Crippen molar-refractivity contribution in [3.05, 3.63) is 30.3 Å². The van der Waals surface area contributed by atoms with Crippen LogP contribution >= 0.6 is 0 Å². The van der Waals surface area contributed by atoms with Gasteiger partial charge in [-0.3, -0.25) is 4.79 Å². The number of anilines is 1. The SMILES string of the molecule is CC#CCC(C)N(C(=O)CCCC)c1ccccc1. The number of hydrogen-bond donors (Lipinski definition) is 0. The van der Waals surface area contributed by atoms with Gasteiger partial charge in [0.15, 0.2) is 0 Å². The second-order valence-corrected chi connectivity index (χ2v) is 4.68. The summed E-state index contributed by atoms with van der Waals surface area (Å²) in [5, 5.41) is 0. The highest BCUT2D eigenvalue weighted by atomic mass is 16.2. The molecule has 0 radical (unpaired) electrons. The van der Waals surface area contributed by atoms with Crippen molar-refractivity contribution in [2.24, 2.45) is 0 Å². The number of amides is 1. The standard InChI is InChI=1S/C17H23NO/c1-4-6-11-15(3)18(17(19)14-7-5-2)16-12-9-8-10-13-16/h8-10,12-13,15H,5,7,11,14H2,1-3H3. The maximum Gasteiger partial charge on any atom is 0.227 e. The molecule has 0 saturated carbocycles. The summed E-state index contributed by atoms with van der Waals surface area (Å²) >= 11 is 0. The molecule has 0 aliphatic rings. The molecule has 1 amide bonds. The van der Waals surface area contributed by atoms with E-state index < -0.39 is 0 Å². The fraction of sp³-hybridized carbons (Fsp3) is 0.471. The summed E-state index contributed by atoms with van der Waals surface area (Å²) < 4.78 is 0. The second kappa shape index (κ2) is 8.37. The van der Waals surface area contributed by atoms with Gasteiger partial charge in [0.25, 0.3) is 0 Å². The van der Waals surface area contributed by atoms with Crippen LogP contribution in [0, 0.1) is 11.8 Å². The molecule has 2 nitrogen and oxygen atoms in total. The van der Waals surface area contributed by atoms with Gasteiger partial charge in [-0.25, -0.2) is 0 Å². The van der Waals surface area contributed by atoms with E-state index >= 15 is 0 Å². The molecule has 19 heavy (non-hydrogen) atoms. The molecule has 1 aromatic carbocycles. The van der Waals surface area contributed by atoms with E-state index in [1.54, 1.807) is 0 Å². The minimum atomic E-state index is 0.110. The van der Waals surface area contributed by atoms with Crippen molar-refractivity contribution in [3.63, 3.8) is 0 Å². The molecule has 0 N–H and O–H groups in total. The van der Waals surface area contributed by atoms with Crippen molar-refractivity contribution in [1.29, 1.82) is 0 Å². The molecule has 1 atom stereocenters. The highest BCUT2D eigenvalue weighted by molar-refractivity contribution is 5.93. The summed E-state index contributed by atoms with van der Waals surface area (Å²) in [5.41, 5.74) is 0.967. The number of nitrogens with zero attached hydrogens (tertiary/aromatic N) is 1. The Hall–Kier alpha value is -1.75. The quantitative estimate of drug-likeness (QED) is 0.705. The van der Waals surface area contributed by atoms with Crippen LogP contribution in [0.1, 0.15) is 46.5 Å². The minimum Gasteiger partial charge on any atom is -0.309 e. The minimum absolute atomic E-state index is 0.110. The van der Waals surface area contributed by atoms with Gasteiger partial charge in [0.05, 0.1) is 0 Å². The average molecular weight is 257 g/mol. The van der Waals surface area contributed by atoms with Crippen molar-refractivity contribution in [2.75, 3.05) is 4.90 Å². The Kier molecular flexibility index (Phi) is 6.74. The molecule has 0 fully saturated rings. The molecule has 2 heteroatoms. The number of carbonyl (C=O) groups excluding carboxylic acids is 1. The summed E-state index contributed by atoms with van der Waals surface area (Å²) in [6.45, 7) is 5.99. The van der Waals surface area contributed by atoms with E-state index in [9.17, 15) is 4.79 Å². The lowest BCUT2D eigenvalue weighted by Crippen LogP contribution is -2.38. The molecule has 0 aromatic heterocycles. The van der Waals surface area contributed by atoms with Crippen LogP contribution in [0.25, 0.3) is 0 Å². The maximum atomic E-state index is 12.4. The molecule has 1 aromatic rings. The van der Waals surface area contributed by atoms with Crippen molar-refractivity contribution >= 4 is 11.6 Å². The smallest absolute Gasteiger partial charge is 0.227 e. The molecule has 0 saturated heterocycles. The van der Waals surface area contributed by atoms with Gasteiger partial charge in [-0.1, -0.05) is 31.5 Å². The monoisotopic (exact) mass is 257 g/mol. The topological polar surface area (TPSA) is 20.3 Å². The van der Waals surface area contributed by atoms with Gasteiger partial charge in [-0.05, 0) is 32.4 Å². The first-order valence-electron chi connectivity index (χ1n) is 6.97. The number of carbonyl (C=O) groups is 1. The van der Waals surface area contributed by atoms with Crippen molar-refractivity contribution in [1.82, 2.24) is 0 Å². The van der Waals surface area contributed by atoms with Crippen LogP contribution in [-0.4, -0.2) is 11.9 Å². The van der Waals surface area contributed by atoms with E-state index in [0.717, 1.165) is 18.5 Å². The molecule has 0 aliphatic carbocycles. The highest BCUT2D eigenvalue weighted by Crippen LogP contribution is 2.20. The van der Waals surface area contributed by atoms with Gasteiger partial charge < -0.3 is 4.90 Å². The lowest BCUT2D eigenvalue weighted by Gasteiger charge is -2.28. The molecule has 0 aliphatic heterocycles. The van der Waals surface area contributed by atoms with Gasteiger partial charge in [-0.15, -0.1) is 11.8 Å². The molecular weight excluding hydrogens is 234 g/mol. The van der Waals surface area contributed by atoms with Crippen molar-refractivity contribution in [2.45, 2.75) is 52.5 Å². The third kappa shape index (κ3) is 4.79. The van der Waals surface area contributed by atoms with E-state index in [1.165, 1.54) is 0 Å². The number of para-hydroxylation sites is 1. The van der Waals surface area contributed by atoms with Crippen LogP contribution in [0.3, 0.4) is 0 Å². The predicted octanol–water partition coefficient (Wildman–Crippen LogP) is 4.01. The average Bonchev–Trinajstić information content (AvgIpc) is 2.44. The Bertz CT molecular complexity index is 441. The van der Waals surface area contributed by atoms with E-state index in [0.29, 0.717) is 12.8 Å². The number of benzene rings is 1. The molecule has 102 valence electrons. The first kappa shape index (κ1) is 15.3.